The summed E-state index contributed by atoms with van der Waals surface area (Å²) in [6, 6.07) is 26.6. The van der Waals surface area contributed by atoms with E-state index in [0.29, 0.717) is 26.3 Å². The summed E-state index contributed by atoms with van der Waals surface area (Å²) < 4.78 is 101. The van der Waals surface area contributed by atoms with E-state index in [9.17, 15) is 0 Å². The number of hydrogen-bond donors (Lipinski definition) is 0. The summed E-state index contributed by atoms with van der Waals surface area (Å²) >= 11 is 2.13. The molecule has 0 spiro atoms. The van der Waals surface area contributed by atoms with E-state index in [-0.39, 0.29) is 49.9 Å². The van der Waals surface area contributed by atoms with Crippen molar-refractivity contribution in [2.45, 2.75) is 59.3 Å². The van der Waals surface area contributed by atoms with Gasteiger partial charge in [0.15, 0.2) is 0 Å². The monoisotopic (exact) mass is 1020 g/mol. The molecule has 11 rings (SSSR count). The molecule has 0 fully saturated rings. The average molecular weight is 1020 g/mol. The van der Waals surface area contributed by atoms with Crippen LogP contribution in [-0.4, -0.2) is 23.7 Å². The molecule has 6 aromatic carbocycles. The van der Waals surface area contributed by atoms with E-state index in [1.54, 1.807) is 35.2 Å². The predicted molar refractivity (Wildman–Crippen MR) is 255 cm³/mol. The zero-order chi connectivity index (χ0) is 52.8. The van der Waals surface area contributed by atoms with Gasteiger partial charge in [0.05, 0.1) is 0 Å². The Morgan fingerprint density at radius 3 is 2.00 bits per heavy atom. The molecule has 0 N–H and O–H groups in total. The fraction of sp³-hybridized carbons (Fsp3) is 0.175. The molecule has 0 unspecified atom stereocenters. The molecule has 0 radical (unpaired) electrons. The number of pyridine rings is 2. The van der Waals surface area contributed by atoms with Gasteiger partial charge in [-0.05, 0) is 40.4 Å². The fourth-order valence-electron chi connectivity index (χ4n) is 9.71. The van der Waals surface area contributed by atoms with E-state index in [0.717, 1.165) is 33.2 Å². The molecule has 7 heteroatoms. The molecule has 6 nitrogen and oxygen atoms in total. The summed E-state index contributed by atoms with van der Waals surface area (Å²) in [5.41, 5.74) is 7.10. The van der Waals surface area contributed by atoms with Crippen molar-refractivity contribution in [3.05, 3.63) is 191 Å². The van der Waals surface area contributed by atoms with E-state index in [4.69, 9.17) is 23.4 Å². The minimum absolute atomic E-state index is 0.0736. The van der Waals surface area contributed by atoms with E-state index in [1.165, 1.54) is 11.1 Å². The number of aromatic nitrogens is 5. The number of rotatable bonds is 7. The van der Waals surface area contributed by atoms with Crippen LogP contribution in [-0.2, 0) is 30.2 Å². The first kappa shape index (κ1) is 30.5. The van der Waals surface area contributed by atoms with E-state index < -0.39 is 60.4 Å². The second-order valence-corrected chi connectivity index (χ2v) is 18.9. The molecule has 0 saturated heterocycles. The Morgan fingerprint density at radius 1 is 0.656 bits per heavy atom. The van der Waals surface area contributed by atoms with Gasteiger partial charge in [-0.15, -0.1) is 0 Å². The van der Waals surface area contributed by atoms with Crippen molar-refractivity contribution in [1.29, 1.82) is 0 Å². The molecule has 0 aliphatic heterocycles. The number of para-hydroxylation sites is 3. The number of benzene rings is 6. The van der Waals surface area contributed by atoms with E-state index in [2.05, 4.69) is 107 Å². The normalized spacial score (nSPS) is 17.1. The van der Waals surface area contributed by atoms with Gasteiger partial charge in [0.2, 0.25) is 0 Å². The number of nitrogens with zero attached hydrogens (tertiary/aromatic N) is 5. The summed E-state index contributed by atoms with van der Waals surface area (Å²) in [4.78, 5) is 9.50. The molecule has 0 amide bonds. The average Bonchev–Trinajstić information content (AvgIpc) is 3.91. The zero-order valence-corrected chi connectivity index (χ0v) is 38.5. The van der Waals surface area contributed by atoms with Crippen LogP contribution in [0.3, 0.4) is 0 Å². The van der Waals surface area contributed by atoms with Crippen LogP contribution in [0, 0.1) is 28.3 Å². The molecular formula is C57H47N5OPt-2. The van der Waals surface area contributed by atoms with Gasteiger partial charge in [0, 0.05) is 6.20 Å². The van der Waals surface area contributed by atoms with Gasteiger partial charge >= 0.3 is 306 Å². The quantitative estimate of drug-likeness (QED) is 0.150. The predicted octanol–water partition coefficient (Wildman–Crippen LogP) is 14.0. The van der Waals surface area contributed by atoms with Crippen molar-refractivity contribution in [2.75, 3.05) is 0 Å². The molecule has 0 bridgehead atoms. The molecule has 1 aliphatic carbocycles. The van der Waals surface area contributed by atoms with Gasteiger partial charge < -0.3 is 0 Å². The van der Waals surface area contributed by atoms with Crippen molar-refractivity contribution in [3.63, 3.8) is 0 Å². The summed E-state index contributed by atoms with van der Waals surface area (Å²) in [7, 11) is 0. The Balaban J connectivity index is 1.11. The fourth-order valence-corrected chi connectivity index (χ4v) is 10.8. The molecule has 0 saturated carbocycles. The van der Waals surface area contributed by atoms with Crippen LogP contribution in [0.4, 0.5) is 0 Å². The topological polar surface area (TPSA) is 49.8 Å². The first-order chi connectivity index (χ1) is 35.0. The first-order valence-electron chi connectivity index (χ1n) is 26.0. The van der Waals surface area contributed by atoms with Crippen LogP contribution in [0.2, 0.25) is 0 Å². The summed E-state index contributed by atoms with van der Waals surface area (Å²) in [6.45, 7) is 16.1. The third kappa shape index (κ3) is 5.92. The molecule has 64 heavy (non-hydrogen) atoms. The molecular weight excluding hydrogens is 966 g/mol. The Kier molecular flexibility index (Phi) is 7.01. The SMILES string of the molecule is [2H]c1c([2H])c([2H])c(-c2cccc(-c3c([2H])c([2H])c([2H])c([2H])c3[2H])c2-n2[c](=[Pt])n(-c3[c-]c(Oc4[c-]c5c(cc4)c4c6c(ccc4n5-c4cc(C)ccn4)C(C)(C)C(C)(C)C6(C)C)cnc3)c3ccccc32)c([2H])c1[2H]. The van der Waals surface area contributed by atoms with Crippen molar-refractivity contribution in [1.82, 2.24) is 23.7 Å². The second-order valence-electron chi connectivity index (χ2n) is 17.9. The molecule has 10 aromatic rings. The van der Waals surface area contributed by atoms with Gasteiger partial charge in [-0.3, -0.25) is 0 Å². The second kappa shape index (κ2) is 14.7. The van der Waals surface area contributed by atoms with Crippen LogP contribution >= 0.6 is 0 Å². The Hall–Kier alpha value is -6.62. The maximum absolute atomic E-state index is 9.09. The molecule has 4 aromatic heterocycles. The maximum atomic E-state index is 9.09. The van der Waals surface area contributed by atoms with Crippen molar-refractivity contribution < 1.29 is 37.8 Å². The van der Waals surface area contributed by atoms with E-state index >= 15 is 0 Å². The Bertz CT molecular complexity index is 4010. The van der Waals surface area contributed by atoms with Crippen LogP contribution in [0.15, 0.2) is 158 Å². The van der Waals surface area contributed by atoms with Crippen molar-refractivity contribution >= 4 is 32.8 Å². The number of aryl methyl sites for hydroxylation is 1. The number of imidazole rings is 1. The first-order valence-corrected chi connectivity index (χ1v) is 22.1. The van der Waals surface area contributed by atoms with Crippen LogP contribution in [0.1, 0.15) is 71.9 Å². The standard InChI is InChI=1S/C57H47N5O.Pt/c1-37-29-30-59-51(31-37)62-49-28-27-46-53(56(4,5)57(6,7)55(46,2)3)52(49)45-26-25-41(33-50(45)62)63-42-32-40(34-58-35-42)60-36-61(48-24-15-14-23-47(48)60)54-43(38-17-10-8-11-18-38)21-16-22-44(54)39-19-12-9-13-20-39;/h8-31,34-35H,1-7H3;/q-2;/i8D,9D,10D,11D,12D,13D,17D,18D,19D,20D;. The van der Waals surface area contributed by atoms with Crippen molar-refractivity contribution in [2.24, 2.45) is 5.41 Å². The molecule has 4 heterocycles. The van der Waals surface area contributed by atoms with Gasteiger partial charge in [-0.25, -0.2) is 0 Å². The van der Waals surface area contributed by atoms with Gasteiger partial charge in [0.25, 0.3) is 0 Å². The number of ether oxygens (including phenoxy) is 1. The van der Waals surface area contributed by atoms with Crippen LogP contribution in [0.25, 0.3) is 72.3 Å². The van der Waals surface area contributed by atoms with E-state index in [1.807, 2.05) is 54.1 Å². The summed E-state index contributed by atoms with van der Waals surface area (Å²) in [5, 5.41) is 2.18. The summed E-state index contributed by atoms with van der Waals surface area (Å²) in [5.74, 6) is 1.45. The summed E-state index contributed by atoms with van der Waals surface area (Å²) in [6.07, 6.45) is 5.01. The zero-order valence-electron chi connectivity index (χ0n) is 46.2. The van der Waals surface area contributed by atoms with Gasteiger partial charge in [-0.2, -0.15) is 0 Å². The van der Waals surface area contributed by atoms with Gasteiger partial charge in [0.1, 0.15) is 0 Å². The van der Waals surface area contributed by atoms with Crippen LogP contribution in [0.5, 0.6) is 11.5 Å². The molecule has 0 atom stereocenters. The Labute approximate surface area is 398 Å². The minimum atomic E-state index is -0.570. The molecule has 318 valence electrons. The van der Waals surface area contributed by atoms with Crippen LogP contribution < -0.4 is 4.74 Å². The molecule has 1 aliphatic rings. The Morgan fingerprint density at radius 2 is 1.33 bits per heavy atom. The third-order valence-electron chi connectivity index (χ3n) is 14.0. The third-order valence-corrected chi connectivity index (χ3v) is 15.0. The number of fused-ring (bicyclic) bond motifs is 6. The van der Waals surface area contributed by atoms with Crippen molar-refractivity contribution in [3.8, 4) is 50.9 Å². The van der Waals surface area contributed by atoms with Gasteiger partial charge in [-0.1, -0.05) is 47.6 Å². The number of hydrogen-bond acceptors (Lipinski definition) is 3.